The number of carboxylic acid groups (broad SMARTS) is 1. The summed E-state index contributed by atoms with van der Waals surface area (Å²) in [6.07, 6.45) is 4.88. The van der Waals surface area contributed by atoms with E-state index in [1.54, 1.807) is 6.92 Å². The molecule has 0 aromatic carbocycles. The number of aliphatic carboxylic acids is 1. The first-order valence-corrected chi connectivity index (χ1v) is 5.32. The van der Waals surface area contributed by atoms with Crippen LogP contribution < -0.4 is 0 Å². The van der Waals surface area contributed by atoms with Gasteiger partial charge in [-0.05, 0) is 38.0 Å². The van der Waals surface area contributed by atoms with E-state index in [1.165, 1.54) is 6.42 Å². The Morgan fingerprint density at radius 3 is 2.79 bits per heavy atom. The molecule has 2 aliphatic rings. The fourth-order valence-electron chi connectivity index (χ4n) is 3.24. The standard InChI is InChI=1S/C12H16O2/c1-2-3-6-12(11(13)14)8-9-4-5-10(12)7-9/h9-10H,4-8H2,1H3,(H,13,14). The quantitative estimate of drug-likeness (QED) is 0.681. The number of rotatable bonds is 2. The van der Waals surface area contributed by atoms with Gasteiger partial charge in [0.05, 0.1) is 5.41 Å². The summed E-state index contributed by atoms with van der Waals surface area (Å²) < 4.78 is 0. The van der Waals surface area contributed by atoms with Crippen LogP contribution in [0.5, 0.6) is 0 Å². The molecule has 76 valence electrons. The summed E-state index contributed by atoms with van der Waals surface area (Å²) in [5.41, 5.74) is -0.494. The molecule has 14 heavy (non-hydrogen) atoms. The Morgan fingerprint density at radius 1 is 1.57 bits per heavy atom. The Balaban J connectivity index is 2.22. The molecule has 2 fully saturated rings. The van der Waals surface area contributed by atoms with Gasteiger partial charge in [-0.2, -0.15) is 0 Å². The molecule has 3 unspecified atom stereocenters. The minimum Gasteiger partial charge on any atom is -0.481 e. The molecule has 2 aliphatic carbocycles. The van der Waals surface area contributed by atoms with E-state index in [0.717, 1.165) is 19.3 Å². The molecule has 0 amide bonds. The molecule has 3 atom stereocenters. The van der Waals surface area contributed by atoms with Crippen LogP contribution in [-0.4, -0.2) is 11.1 Å². The zero-order valence-electron chi connectivity index (χ0n) is 8.55. The number of carboxylic acids is 1. The Morgan fingerprint density at radius 2 is 2.36 bits per heavy atom. The lowest BCUT2D eigenvalue weighted by Crippen LogP contribution is -2.36. The maximum Gasteiger partial charge on any atom is 0.310 e. The van der Waals surface area contributed by atoms with Gasteiger partial charge in [0.2, 0.25) is 0 Å². The van der Waals surface area contributed by atoms with Crippen molar-refractivity contribution in [2.24, 2.45) is 17.3 Å². The first-order chi connectivity index (χ1) is 6.69. The van der Waals surface area contributed by atoms with Crippen LogP contribution in [0.1, 0.15) is 39.0 Å². The molecule has 0 aromatic heterocycles. The highest BCUT2D eigenvalue weighted by atomic mass is 16.4. The van der Waals surface area contributed by atoms with Crippen LogP contribution in [0.2, 0.25) is 0 Å². The summed E-state index contributed by atoms with van der Waals surface area (Å²) in [5, 5.41) is 9.34. The minimum atomic E-state index is -0.618. The van der Waals surface area contributed by atoms with Gasteiger partial charge in [-0.25, -0.2) is 0 Å². The van der Waals surface area contributed by atoms with Crippen molar-refractivity contribution in [2.75, 3.05) is 0 Å². The fraction of sp³-hybridized carbons (Fsp3) is 0.750. The van der Waals surface area contributed by atoms with Crippen LogP contribution in [0.4, 0.5) is 0 Å². The van der Waals surface area contributed by atoms with Crippen molar-refractivity contribution in [3.05, 3.63) is 0 Å². The zero-order chi connectivity index (χ0) is 10.2. The highest BCUT2D eigenvalue weighted by Crippen LogP contribution is 2.57. The Labute approximate surface area is 84.7 Å². The summed E-state index contributed by atoms with van der Waals surface area (Å²) in [6.45, 7) is 1.78. The molecule has 0 saturated heterocycles. The van der Waals surface area contributed by atoms with Crippen LogP contribution in [0.25, 0.3) is 0 Å². The van der Waals surface area contributed by atoms with Gasteiger partial charge in [0.15, 0.2) is 0 Å². The summed E-state index contributed by atoms with van der Waals surface area (Å²) >= 11 is 0. The Hall–Kier alpha value is -0.970. The second kappa shape index (κ2) is 3.31. The lowest BCUT2D eigenvalue weighted by molar-refractivity contribution is -0.152. The summed E-state index contributed by atoms with van der Waals surface area (Å²) in [7, 11) is 0. The third kappa shape index (κ3) is 1.23. The van der Waals surface area contributed by atoms with Gasteiger partial charge in [0.25, 0.3) is 0 Å². The number of fused-ring (bicyclic) bond motifs is 2. The van der Waals surface area contributed by atoms with Crippen LogP contribution in [0.3, 0.4) is 0 Å². The van der Waals surface area contributed by atoms with Gasteiger partial charge in [-0.15, -0.1) is 11.8 Å². The molecular formula is C12H16O2. The van der Waals surface area contributed by atoms with Crippen molar-refractivity contribution in [1.82, 2.24) is 0 Å². The van der Waals surface area contributed by atoms with E-state index in [-0.39, 0.29) is 0 Å². The topological polar surface area (TPSA) is 37.3 Å². The molecule has 0 aliphatic heterocycles. The smallest absolute Gasteiger partial charge is 0.310 e. The first kappa shape index (κ1) is 9.58. The average Bonchev–Trinajstić information content (AvgIpc) is 2.74. The highest BCUT2D eigenvalue weighted by molar-refractivity contribution is 5.76. The Bertz CT molecular complexity index is 310. The Kier molecular flexibility index (Phi) is 2.26. The van der Waals surface area contributed by atoms with Gasteiger partial charge in [0.1, 0.15) is 0 Å². The largest absolute Gasteiger partial charge is 0.481 e. The van der Waals surface area contributed by atoms with Crippen molar-refractivity contribution in [3.8, 4) is 11.8 Å². The lowest BCUT2D eigenvalue weighted by Gasteiger charge is -2.31. The van der Waals surface area contributed by atoms with E-state index in [1.807, 2.05) is 0 Å². The predicted octanol–water partition coefficient (Wildman–Crippen LogP) is 2.29. The molecule has 2 bridgehead atoms. The molecule has 1 N–H and O–H groups in total. The summed E-state index contributed by atoms with van der Waals surface area (Å²) in [5.74, 6) is 6.22. The van der Waals surface area contributed by atoms with Crippen molar-refractivity contribution in [2.45, 2.75) is 39.0 Å². The van der Waals surface area contributed by atoms with Gasteiger partial charge >= 0.3 is 5.97 Å². The van der Waals surface area contributed by atoms with E-state index >= 15 is 0 Å². The zero-order valence-corrected chi connectivity index (χ0v) is 8.55. The van der Waals surface area contributed by atoms with Gasteiger partial charge < -0.3 is 5.11 Å². The lowest BCUT2D eigenvalue weighted by atomic mass is 9.71. The summed E-state index contributed by atoms with van der Waals surface area (Å²) in [4.78, 5) is 11.4. The molecule has 2 saturated carbocycles. The van der Waals surface area contributed by atoms with Crippen LogP contribution in [-0.2, 0) is 4.79 Å². The second-order valence-corrected chi connectivity index (χ2v) is 4.64. The predicted molar refractivity (Wildman–Crippen MR) is 53.6 cm³/mol. The fourth-order valence-corrected chi connectivity index (χ4v) is 3.24. The second-order valence-electron chi connectivity index (χ2n) is 4.64. The monoisotopic (exact) mass is 192 g/mol. The van der Waals surface area contributed by atoms with Crippen LogP contribution >= 0.6 is 0 Å². The number of hydrogen-bond acceptors (Lipinski definition) is 1. The van der Waals surface area contributed by atoms with Crippen molar-refractivity contribution in [1.29, 1.82) is 0 Å². The molecule has 2 heteroatoms. The number of hydrogen-bond donors (Lipinski definition) is 1. The SMILES string of the molecule is CC#CCC1(C(=O)O)CC2CCC1C2. The van der Waals surface area contributed by atoms with Gasteiger partial charge in [-0.3, -0.25) is 4.79 Å². The van der Waals surface area contributed by atoms with Gasteiger partial charge in [-0.1, -0.05) is 6.42 Å². The first-order valence-electron chi connectivity index (χ1n) is 5.32. The highest BCUT2D eigenvalue weighted by Gasteiger charge is 2.55. The molecular weight excluding hydrogens is 176 g/mol. The third-order valence-corrected chi connectivity index (χ3v) is 3.98. The average molecular weight is 192 g/mol. The third-order valence-electron chi connectivity index (χ3n) is 3.98. The van der Waals surface area contributed by atoms with Crippen molar-refractivity contribution in [3.63, 3.8) is 0 Å². The van der Waals surface area contributed by atoms with E-state index in [4.69, 9.17) is 0 Å². The van der Waals surface area contributed by atoms with Crippen molar-refractivity contribution >= 4 is 5.97 Å². The maximum atomic E-state index is 11.4. The minimum absolute atomic E-state index is 0.394. The molecule has 2 nitrogen and oxygen atoms in total. The van der Waals surface area contributed by atoms with E-state index in [2.05, 4.69) is 11.8 Å². The normalized spacial score (nSPS) is 39.2. The van der Waals surface area contributed by atoms with Gasteiger partial charge in [0, 0.05) is 6.42 Å². The van der Waals surface area contributed by atoms with E-state index in [9.17, 15) is 9.90 Å². The maximum absolute atomic E-state index is 11.4. The molecule has 0 spiro atoms. The molecule has 0 radical (unpaired) electrons. The van der Waals surface area contributed by atoms with Crippen LogP contribution in [0, 0.1) is 29.1 Å². The van der Waals surface area contributed by atoms with E-state index < -0.39 is 11.4 Å². The van der Waals surface area contributed by atoms with Crippen molar-refractivity contribution < 1.29 is 9.90 Å². The molecule has 0 heterocycles. The summed E-state index contributed by atoms with van der Waals surface area (Å²) in [6, 6.07) is 0. The van der Waals surface area contributed by atoms with Crippen LogP contribution in [0.15, 0.2) is 0 Å². The molecule has 2 rings (SSSR count). The number of carbonyl (C=O) groups is 1. The van der Waals surface area contributed by atoms with E-state index in [0.29, 0.717) is 18.3 Å². The molecule has 0 aromatic rings.